The van der Waals surface area contributed by atoms with Gasteiger partial charge in [-0.2, -0.15) is 0 Å². The molecule has 4 nitrogen and oxygen atoms in total. The molecule has 0 unspecified atom stereocenters. The van der Waals surface area contributed by atoms with Crippen LogP contribution in [0.25, 0.3) is 0 Å². The van der Waals surface area contributed by atoms with Crippen molar-refractivity contribution in [2.24, 2.45) is 0 Å². The molecule has 0 aromatic heterocycles. The summed E-state index contributed by atoms with van der Waals surface area (Å²) >= 11 is 3.45. The van der Waals surface area contributed by atoms with Crippen molar-refractivity contribution in [1.82, 2.24) is 0 Å². The van der Waals surface area contributed by atoms with Gasteiger partial charge in [-0.25, -0.2) is 0 Å². The molecule has 154 valence electrons. The van der Waals surface area contributed by atoms with Gasteiger partial charge >= 0.3 is 0 Å². The van der Waals surface area contributed by atoms with Gasteiger partial charge < -0.3 is 10.6 Å². The third kappa shape index (κ3) is 5.36. The summed E-state index contributed by atoms with van der Waals surface area (Å²) in [6.45, 7) is 8.38. The largest absolute Gasteiger partial charge is 0.322 e. The molecule has 0 saturated heterocycles. The standard InChI is InChI=1S/C25H25BrN2O2/c1-16-8-9-18(14-22(16)26)24(30)28-21-7-5-6-20(15-21)27-23(29)17-10-12-19(13-11-17)25(2,3)4/h5-15H,1-4H3,(H,27,29)(H,28,30). The van der Waals surface area contributed by atoms with Crippen LogP contribution in [0.5, 0.6) is 0 Å². The SMILES string of the molecule is Cc1ccc(C(=O)Nc2cccc(NC(=O)c3ccc(C(C)(C)C)cc3)c2)cc1Br. The highest BCUT2D eigenvalue weighted by Gasteiger charge is 2.14. The Balaban J connectivity index is 1.69. The summed E-state index contributed by atoms with van der Waals surface area (Å²) in [6, 6.07) is 20.2. The summed E-state index contributed by atoms with van der Waals surface area (Å²) in [5, 5.41) is 5.76. The Labute approximate surface area is 185 Å². The lowest BCUT2D eigenvalue weighted by Crippen LogP contribution is -2.15. The van der Waals surface area contributed by atoms with Gasteiger partial charge in [-0.05, 0) is 65.9 Å². The molecular weight excluding hydrogens is 440 g/mol. The fourth-order valence-corrected chi connectivity index (χ4v) is 3.32. The first-order valence-electron chi connectivity index (χ1n) is 9.73. The number of halogens is 1. The molecule has 0 saturated carbocycles. The maximum absolute atomic E-state index is 12.6. The van der Waals surface area contributed by atoms with Crippen molar-refractivity contribution in [3.63, 3.8) is 0 Å². The highest BCUT2D eigenvalue weighted by Crippen LogP contribution is 2.23. The van der Waals surface area contributed by atoms with Gasteiger partial charge in [-0.15, -0.1) is 0 Å². The van der Waals surface area contributed by atoms with Crippen molar-refractivity contribution in [3.05, 3.63) is 93.5 Å². The van der Waals surface area contributed by atoms with Crippen molar-refractivity contribution in [2.75, 3.05) is 10.6 Å². The number of carbonyl (C=O) groups is 2. The highest BCUT2D eigenvalue weighted by atomic mass is 79.9. The van der Waals surface area contributed by atoms with Gasteiger partial charge in [-0.1, -0.05) is 61.0 Å². The molecule has 0 bridgehead atoms. The Morgan fingerprint density at radius 3 is 1.83 bits per heavy atom. The number of anilines is 2. The lowest BCUT2D eigenvalue weighted by molar-refractivity contribution is 0.101. The first kappa shape index (κ1) is 21.8. The second-order valence-electron chi connectivity index (χ2n) is 8.28. The Kier molecular flexibility index (Phi) is 6.42. The lowest BCUT2D eigenvalue weighted by Gasteiger charge is -2.19. The van der Waals surface area contributed by atoms with E-state index in [4.69, 9.17) is 0 Å². The van der Waals surface area contributed by atoms with Crippen LogP contribution in [0.2, 0.25) is 0 Å². The molecule has 0 fully saturated rings. The minimum atomic E-state index is -0.211. The van der Waals surface area contributed by atoms with Gasteiger partial charge in [0.15, 0.2) is 0 Å². The Bertz CT molecular complexity index is 1080. The molecule has 5 heteroatoms. The minimum absolute atomic E-state index is 0.0363. The molecule has 3 aromatic carbocycles. The lowest BCUT2D eigenvalue weighted by atomic mass is 9.87. The van der Waals surface area contributed by atoms with E-state index in [2.05, 4.69) is 47.3 Å². The van der Waals surface area contributed by atoms with E-state index < -0.39 is 0 Å². The van der Waals surface area contributed by atoms with Crippen LogP contribution in [0.1, 0.15) is 52.6 Å². The summed E-state index contributed by atoms with van der Waals surface area (Å²) in [6.07, 6.45) is 0. The van der Waals surface area contributed by atoms with E-state index in [1.807, 2.05) is 37.3 Å². The third-order valence-electron chi connectivity index (χ3n) is 4.83. The predicted octanol–water partition coefficient (Wildman–Crippen LogP) is 6.56. The molecule has 0 heterocycles. The Morgan fingerprint density at radius 1 is 0.767 bits per heavy atom. The maximum Gasteiger partial charge on any atom is 0.255 e. The second-order valence-corrected chi connectivity index (χ2v) is 9.13. The van der Waals surface area contributed by atoms with Crippen LogP contribution in [0.3, 0.4) is 0 Å². The summed E-state index contributed by atoms with van der Waals surface area (Å²) in [4.78, 5) is 25.1. The van der Waals surface area contributed by atoms with Crippen LogP contribution in [-0.4, -0.2) is 11.8 Å². The quantitative estimate of drug-likeness (QED) is 0.459. The van der Waals surface area contributed by atoms with Gasteiger partial charge in [0.1, 0.15) is 0 Å². The van der Waals surface area contributed by atoms with E-state index in [-0.39, 0.29) is 17.2 Å². The van der Waals surface area contributed by atoms with Crippen molar-refractivity contribution in [3.8, 4) is 0 Å². The van der Waals surface area contributed by atoms with Crippen LogP contribution in [0.15, 0.2) is 71.2 Å². The molecule has 3 rings (SSSR count). The van der Waals surface area contributed by atoms with E-state index in [0.29, 0.717) is 22.5 Å². The van der Waals surface area contributed by atoms with E-state index in [1.54, 1.807) is 36.4 Å². The molecule has 0 aliphatic carbocycles. The molecule has 0 radical (unpaired) electrons. The first-order chi connectivity index (χ1) is 14.1. The molecular formula is C25H25BrN2O2. The van der Waals surface area contributed by atoms with Gasteiger partial charge in [0.25, 0.3) is 11.8 Å². The Hall–Kier alpha value is -2.92. The maximum atomic E-state index is 12.6. The van der Waals surface area contributed by atoms with Gasteiger partial charge in [0.2, 0.25) is 0 Å². The van der Waals surface area contributed by atoms with Crippen molar-refractivity contribution >= 4 is 39.1 Å². The zero-order chi connectivity index (χ0) is 21.9. The highest BCUT2D eigenvalue weighted by molar-refractivity contribution is 9.10. The number of aryl methyl sites for hydroxylation is 1. The smallest absolute Gasteiger partial charge is 0.255 e. The molecule has 0 spiro atoms. The number of hydrogen-bond acceptors (Lipinski definition) is 2. The van der Waals surface area contributed by atoms with Crippen LogP contribution >= 0.6 is 15.9 Å². The topological polar surface area (TPSA) is 58.2 Å². The van der Waals surface area contributed by atoms with Crippen molar-refractivity contribution in [2.45, 2.75) is 33.1 Å². The average molecular weight is 465 g/mol. The molecule has 0 aliphatic rings. The molecule has 30 heavy (non-hydrogen) atoms. The summed E-state index contributed by atoms with van der Waals surface area (Å²) < 4.78 is 0.883. The third-order valence-corrected chi connectivity index (χ3v) is 5.68. The molecule has 3 aromatic rings. The van der Waals surface area contributed by atoms with Gasteiger partial charge in [0, 0.05) is 27.0 Å². The number of amides is 2. The minimum Gasteiger partial charge on any atom is -0.322 e. The van der Waals surface area contributed by atoms with Crippen LogP contribution in [0, 0.1) is 6.92 Å². The van der Waals surface area contributed by atoms with Crippen LogP contribution in [-0.2, 0) is 5.41 Å². The monoisotopic (exact) mass is 464 g/mol. The molecule has 0 atom stereocenters. The fourth-order valence-electron chi connectivity index (χ4n) is 2.94. The van der Waals surface area contributed by atoms with Gasteiger partial charge in [-0.3, -0.25) is 9.59 Å². The number of nitrogens with one attached hydrogen (secondary N) is 2. The fraction of sp³-hybridized carbons (Fsp3) is 0.200. The number of carbonyl (C=O) groups excluding carboxylic acids is 2. The zero-order valence-electron chi connectivity index (χ0n) is 17.5. The summed E-state index contributed by atoms with van der Waals surface area (Å²) in [5.74, 6) is -0.404. The molecule has 2 amide bonds. The number of benzene rings is 3. The second kappa shape index (κ2) is 8.84. The average Bonchev–Trinajstić information content (AvgIpc) is 2.69. The number of rotatable bonds is 4. The van der Waals surface area contributed by atoms with E-state index in [0.717, 1.165) is 10.0 Å². The van der Waals surface area contributed by atoms with E-state index in [9.17, 15) is 9.59 Å². The first-order valence-corrected chi connectivity index (χ1v) is 10.5. The van der Waals surface area contributed by atoms with E-state index >= 15 is 0 Å². The van der Waals surface area contributed by atoms with Gasteiger partial charge in [0.05, 0.1) is 0 Å². The summed E-state index contributed by atoms with van der Waals surface area (Å²) in [5.41, 5.74) is 4.63. The normalized spacial score (nSPS) is 11.1. The van der Waals surface area contributed by atoms with Crippen molar-refractivity contribution < 1.29 is 9.59 Å². The Morgan fingerprint density at radius 2 is 1.30 bits per heavy atom. The van der Waals surface area contributed by atoms with Crippen LogP contribution < -0.4 is 10.6 Å². The van der Waals surface area contributed by atoms with E-state index in [1.165, 1.54) is 5.56 Å². The predicted molar refractivity (Wildman–Crippen MR) is 126 cm³/mol. The summed E-state index contributed by atoms with van der Waals surface area (Å²) in [7, 11) is 0. The van der Waals surface area contributed by atoms with Crippen molar-refractivity contribution in [1.29, 1.82) is 0 Å². The molecule has 0 aliphatic heterocycles. The van der Waals surface area contributed by atoms with Crippen LogP contribution in [0.4, 0.5) is 11.4 Å². The molecule has 2 N–H and O–H groups in total. The number of hydrogen-bond donors (Lipinski definition) is 2. The zero-order valence-corrected chi connectivity index (χ0v) is 19.1.